The highest BCUT2D eigenvalue weighted by Crippen LogP contribution is 2.35. The van der Waals surface area contributed by atoms with Gasteiger partial charge < -0.3 is 10.1 Å². The molecule has 10 heteroatoms. The molecule has 1 atom stereocenters. The maximum atomic E-state index is 14.8. The van der Waals surface area contributed by atoms with Gasteiger partial charge in [-0.1, -0.05) is 12.8 Å². The van der Waals surface area contributed by atoms with Crippen molar-refractivity contribution in [1.82, 2.24) is 15.1 Å². The molecular weight excluding hydrogens is 422 g/mol. The van der Waals surface area contributed by atoms with Crippen molar-refractivity contribution < 1.29 is 27.9 Å². The Morgan fingerprint density at radius 1 is 1.25 bits per heavy atom. The van der Waals surface area contributed by atoms with E-state index in [9.17, 15) is 23.2 Å². The average molecular weight is 446 g/mol. The lowest BCUT2D eigenvalue weighted by Crippen LogP contribution is -2.65. The first-order valence-electron chi connectivity index (χ1n) is 10.6. The Morgan fingerprint density at radius 2 is 1.97 bits per heavy atom. The molecule has 1 saturated carbocycles. The number of rotatable bonds is 5. The molecule has 0 spiro atoms. The normalized spacial score (nSPS) is 20.9. The number of anilines is 1. The zero-order valence-corrected chi connectivity index (χ0v) is 17.9. The van der Waals surface area contributed by atoms with Gasteiger partial charge in [-0.3, -0.25) is 19.2 Å². The summed E-state index contributed by atoms with van der Waals surface area (Å²) in [6, 6.07) is 4.03. The summed E-state index contributed by atoms with van der Waals surface area (Å²) in [5.41, 5.74) is -1.88. The molecule has 1 aliphatic heterocycles. The van der Waals surface area contributed by atoms with E-state index >= 15 is 0 Å². The van der Waals surface area contributed by atoms with E-state index in [1.165, 1.54) is 17.7 Å². The van der Waals surface area contributed by atoms with Crippen molar-refractivity contribution in [3.8, 4) is 0 Å². The monoisotopic (exact) mass is 446 g/mol. The summed E-state index contributed by atoms with van der Waals surface area (Å²) in [5.74, 6) is -3.69. The van der Waals surface area contributed by atoms with Gasteiger partial charge >= 0.3 is 5.97 Å². The zero-order chi connectivity index (χ0) is 23.0. The van der Waals surface area contributed by atoms with Crippen LogP contribution in [-0.2, 0) is 16.1 Å². The predicted molar refractivity (Wildman–Crippen MR) is 110 cm³/mol. The molecular formula is C22H24F2N4O4. The average Bonchev–Trinajstić information content (AvgIpc) is 3.39. The van der Waals surface area contributed by atoms with Crippen LogP contribution in [0.15, 0.2) is 24.3 Å². The molecule has 1 aromatic heterocycles. The zero-order valence-electron chi connectivity index (χ0n) is 17.9. The van der Waals surface area contributed by atoms with Crippen LogP contribution in [0.3, 0.4) is 0 Å². The number of hydrogen-bond acceptors (Lipinski definition) is 5. The van der Waals surface area contributed by atoms with Gasteiger partial charge in [-0.25, -0.2) is 13.6 Å². The Balaban J connectivity index is 1.79. The highest BCUT2D eigenvalue weighted by molar-refractivity contribution is 6.12. The smallest absolute Gasteiger partial charge is 0.358 e. The first-order chi connectivity index (χ1) is 15.2. The van der Waals surface area contributed by atoms with Crippen LogP contribution in [0.25, 0.3) is 0 Å². The highest BCUT2D eigenvalue weighted by atomic mass is 19.1. The fraction of sp³-hybridized carbons (Fsp3) is 0.455. The minimum absolute atomic E-state index is 0.00270. The quantitative estimate of drug-likeness (QED) is 0.713. The molecule has 170 valence electrons. The Morgan fingerprint density at radius 3 is 2.62 bits per heavy atom. The van der Waals surface area contributed by atoms with Crippen LogP contribution in [0, 0.1) is 11.6 Å². The van der Waals surface area contributed by atoms with Gasteiger partial charge in [0, 0.05) is 18.2 Å². The molecule has 2 aliphatic rings. The third-order valence-corrected chi connectivity index (χ3v) is 5.97. The summed E-state index contributed by atoms with van der Waals surface area (Å²) in [7, 11) is 0. The van der Waals surface area contributed by atoms with Gasteiger partial charge in [-0.2, -0.15) is 5.10 Å². The molecule has 1 aromatic carbocycles. The van der Waals surface area contributed by atoms with Crippen molar-refractivity contribution in [3.63, 3.8) is 0 Å². The van der Waals surface area contributed by atoms with E-state index < -0.39 is 35.0 Å². The highest BCUT2D eigenvalue weighted by Gasteiger charge is 2.50. The van der Waals surface area contributed by atoms with E-state index in [-0.39, 0.29) is 36.3 Å². The van der Waals surface area contributed by atoms with Gasteiger partial charge in [0.1, 0.15) is 22.9 Å². The van der Waals surface area contributed by atoms with Gasteiger partial charge in [0.05, 0.1) is 18.8 Å². The molecule has 1 aliphatic carbocycles. The van der Waals surface area contributed by atoms with Crippen LogP contribution in [-0.4, -0.2) is 45.8 Å². The van der Waals surface area contributed by atoms with Gasteiger partial charge in [0.2, 0.25) is 5.91 Å². The standard InChI is InChI=1S/C22H24F2N4O4/c1-3-32-20(30)16-11-18-19(29)28(17-9-8-13(23)10-15(17)24)22(2,12-27(18)26-16)21(31)25-14-6-4-5-7-14/h8-11,14H,3-7,12H2,1-2H3,(H,25,31). The van der Waals surface area contributed by atoms with Crippen LogP contribution in [0.1, 0.15) is 60.5 Å². The van der Waals surface area contributed by atoms with E-state index in [4.69, 9.17) is 4.74 Å². The summed E-state index contributed by atoms with van der Waals surface area (Å²) in [6.07, 6.45) is 3.62. The number of nitrogens with one attached hydrogen (secondary N) is 1. The number of carbonyl (C=O) groups excluding carboxylic acids is 3. The van der Waals surface area contributed by atoms with Crippen molar-refractivity contribution in [1.29, 1.82) is 0 Å². The molecule has 2 heterocycles. The number of nitrogens with zero attached hydrogens (tertiary/aromatic N) is 3. The first-order valence-corrected chi connectivity index (χ1v) is 10.6. The topological polar surface area (TPSA) is 93.5 Å². The lowest BCUT2D eigenvalue weighted by molar-refractivity contribution is -0.127. The van der Waals surface area contributed by atoms with Crippen LogP contribution in [0.2, 0.25) is 0 Å². The lowest BCUT2D eigenvalue weighted by Gasteiger charge is -2.43. The van der Waals surface area contributed by atoms with E-state index in [0.717, 1.165) is 42.7 Å². The van der Waals surface area contributed by atoms with E-state index in [1.54, 1.807) is 6.92 Å². The summed E-state index contributed by atoms with van der Waals surface area (Å²) in [6.45, 7) is 3.15. The molecule has 1 unspecified atom stereocenters. The fourth-order valence-corrected chi connectivity index (χ4v) is 4.34. The maximum absolute atomic E-state index is 14.8. The number of ether oxygens (including phenoxy) is 1. The van der Waals surface area contributed by atoms with Gasteiger partial charge in [-0.15, -0.1) is 0 Å². The number of carbonyl (C=O) groups is 3. The molecule has 4 rings (SSSR count). The Kier molecular flexibility index (Phi) is 5.70. The molecule has 1 fully saturated rings. The van der Waals surface area contributed by atoms with Crippen molar-refractivity contribution in [2.45, 2.75) is 57.7 Å². The molecule has 1 N–H and O–H groups in total. The van der Waals surface area contributed by atoms with Crippen molar-refractivity contribution in [2.75, 3.05) is 11.5 Å². The molecule has 2 aromatic rings. The second kappa shape index (κ2) is 8.33. The Bertz CT molecular complexity index is 1080. The Labute approximate surface area is 183 Å². The van der Waals surface area contributed by atoms with Crippen LogP contribution >= 0.6 is 0 Å². The first kappa shape index (κ1) is 21.9. The summed E-state index contributed by atoms with van der Waals surface area (Å²) >= 11 is 0. The summed E-state index contributed by atoms with van der Waals surface area (Å²) in [5, 5.41) is 7.11. The minimum atomic E-state index is -1.57. The van der Waals surface area contributed by atoms with Gasteiger partial charge in [0.15, 0.2) is 5.69 Å². The molecule has 0 radical (unpaired) electrons. The van der Waals surface area contributed by atoms with Crippen LogP contribution < -0.4 is 10.2 Å². The largest absolute Gasteiger partial charge is 0.461 e. The molecule has 32 heavy (non-hydrogen) atoms. The SMILES string of the molecule is CCOC(=O)c1cc2n(n1)CC(C)(C(=O)NC1CCCC1)N(c1ccc(F)cc1F)C2=O. The van der Waals surface area contributed by atoms with Crippen molar-refractivity contribution in [3.05, 3.63) is 47.3 Å². The number of aromatic nitrogens is 2. The number of esters is 1. The molecule has 0 bridgehead atoms. The van der Waals surface area contributed by atoms with E-state index in [0.29, 0.717) is 6.07 Å². The third kappa shape index (κ3) is 3.74. The number of hydrogen-bond donors (Lipinski definition) is 1. The van der Waals surface area contributed by atoms with E-state index in [1.807, 2.05) is 0 Å². The third-order valence-electron chi connectivity index (χ3n) is 5.97. The molecule has 2 amide bonds. The van der Waals surface area contributed by atoms with Gasteiger partial charge in [-0.05, 0) is 38.8 Å². The van der Waals surface area contributed by atoms with Crippen molar-refractivity contribution in [2.24, 2.45) is 0 Å². The van der Waals surface area contributed by atoms with Crippen LogP contribution in [0.5, 0.6) is 0 Å². The number of fused-ring (bicyclic) bond motifs is 1. The maximum Gasteiger partial charge on any atom is 0.358 e. The molecule has 8 nitrogen and oxygen atoms in total. The summed E-state index contributed by atoms with van der Waals surface area (Å²) < 4.78 is 34.5. The van der Waals surface area contributed by atoms with Crippen LogP contribution in [0.4, 0.5) is 14.5 Å². The Hall–Kier alpha value is -3.30. The van der Waals surface area contributed by atoms with Crippen molar-refractivity contribution >= 4 is 23.5 Å². The second-order valence-corrected chi connectivity index (χ2v) is 8.26. The van der Waals surface area contributed by atoms with E-state index in [2.05, 4.69) is 10.4 Å². The molecule has 0 saturated heterocycles. The predicted octanol–water partition coefficient (Wildman–Crippen LogP) is 2.82. The summed E-state index contributed by atoms with van der Waals surface area (Å²) in [4.78, 5) is 40.0. The number of amides is 2. The number of halogens is 2. The van der Waals surface area contributed by atoms with Gasteiger partial charge in [0.25, 0.3) is 5.91 Å². The number of benzene rings is 1. The lowest BCUT2D eigenvalue weighted by atomic mass is 9.93. The minimum Gasteiger partial charge on any atom is -0.461 e. The second-order valence-electron chi connectivity index (χ2n) is 8.26. The fourth-order valence-electron chi connectivity index (χ4n) is 4.34.